The Morgan fingerprint density at radius 1 is 0.882 bits per heavy atom. The van der Waals surface area contributed by atoms with Crippen LogP contribution in [0, 0.1) is 0 Å². The minimum absolute atomic E-state index is 0.692. The summed E-state index contributed by atoms with van der Waals surface area (Å²) in [4.78, 5) is 0. The van der Waals surface area contributed by atoms with Crippen molar-refractivity contribution in [1.29, 1.82) is 0 Å². The van der Waals surface area contributed by atoms with Crippen LogP contribution in [-0.2, 0) is 8.85 Å². The molecule has 89 valence electrons. The summed E-state index contributed by atoms with van der Waals surface area (Å²) < 4.78 is 11.5. The molecule has 2 aromatic carbocycles. The molecule has 0 saturated carbocycles. The molecule has 0 bridgehead atoms. The molecule has 0 spiro atoms. The van der Waals surface area contributed by atoms with Crippen molar-refractivity contribution in [2.45, 2.75) is 13.8 Å². The molecule has 0 aromatic heterocycles. The Morgan fingerprint density at radius 2 is 1.53 bits per heavy atom. The third kappa shape index (κ3) is 2.75. The summed E-state index contributed by atoms with van der Waals surface area (Å²) in [5.74, 6) is 0. The lowest BCUT2D eigenvalue weighted by molar-refractivity contribution is 0.225. The van der Waals surface area contributed by atoms with Crippen LogP contribution in [0.4, 0.5) is 0 Å². The van der Waals surface area contributed by atoms with E-state index in [1.807, 2.05) is 13.8 Å². The first-order valence-electron chi connectivity index (χ1n) is 5.97. The lowest BCUT2D eigenvalue weighted by Gasteiger charge is -2.15. The van der Waals surface area contributed by atoms with Gasteiger partial charge in [0, 0.05) is 18.4 Å². The van der Waals surface area contributed by atoms with E-state index in [0.717, 1.165) is 0 Å². The average Bonchev–Trinajstić information content (AvgIpc) is 2.38. The first-order valence-corrected chi connectivity index (χ1v) is 7.29. The van der Waals surface area contributed by atoms with Crippen LogP contribution in [-0.4, -0.2) is 22.5 Å². The predicted octanol–water partition coefficient (Wildman–Crippen LogP) is 2.61. The molecule has 0 saturated heterocycles. The van der Waals surface area contributed by atoms with Gasteiger partial charge < -0.3 is 8.85 Å². The third-order valence-electron chi connectivity index (χ3n) is 2.56. The maximum absolute atomic E-state index is 5.76. The second kappa shape index (κ2) is 5.96. The first kappa shape index (κ1) is 12.3. The minimum atomic E-state index is -1.35. The molecule has 3 heteroatoms. The summed E-state index contributed by atoms with van der Waals surface area (Å²) in [7, 11) is -1.35. The largest absolute Gasteiger partial charge is 0.424 e. The lowest BCUT2D eigenvalue weighted by atomic mass is 10.1. The van der Waals surface area contributed by atoms with Gasteiger partial charge in [-0.15, -0.1) is 0 Å². The van der Waals surface area contributed by atoms with Crippen LogP contribution < -0.4 is 5.19 Å². The highest BCUT2D eigenvalue weighted by Crippen LogP contribution is 2.12. The zero-order chi connectivity index (χ0) is 12.1. The van der Waals surface area contributed by atoms with Gasteiger partial charge in [0.25, 0.3) is 0 Å². The molecular weight excluding hydrogens is 228 g/mol. The van der Waals surface area contributed by atoms with E-state index < -0.39 is 9.28 Å². The molecule has 1 radical (unpaired) electrons. The van der Waals surface area contributed by atoms with E-state index in [0.29, 0.717) is 13.2 Å². The van der Waals surface area contributed by atoms with Gasteiger partial charge >= 0.3 is 9.28 Å². The molecule has 0 N–H and O–H groups in total. The monoisotopic (exact) mass is 245 g/mol. The topological polar surface area (TPSA) is 18.5 Å². The Hall–Kier alpha value is -1.16. The van der Waals surface area contributed by atoms with Gasteiger partial charge in [0.2, 0.25) is 0 Å². The van der Waals surface area contributed by atoms with Gasteiger partial charge in [-0.05, 0) is 24.6 Å². The number of fused-ring (bicyclic) bond motifs is 1. The second-order valence-electron chi connectivity index (χ2n) is 3.68. The van der Waals surface area contributed by atoms with Gasteiger partial charge in [0.15, 0.2) is 0 Å². The van der Waals surface area contributed by atoms with Crippen molar-refractivity contribution in [2.24, 2.45) is 0 Å². The van der Waals surface area contributed by atoms with Crippen LogP contribution in [0.25, 0.3) is 10.8 Å². The zero-order valence-electron chi connectivity index (χ0n) is 10.3. The standard InChI is InChI=1S/C14H17O2Si/c1-3-15-17(16-4-2)14-11-7-9-12-8-5-6-10-13(12)14/h5-11H,3-4H2,1-2H3. The van der Waals surface area contributed by atoms with Crippen molar-refractivity contribution >= 4 is 25.2 Å². The van der Waals surface area contributed by atoms with Crippen molar-refractivity contribution in [3.05, 3.63) is 42.5 Å². The highest BCUT2D eigenvalue weighted by atomic mass is 28.3. The molecule has 0 aliphatic heterocycles. The molecule has 17 heavy (non-hydrogen) atoms. The minimum Gasteiger partial charge on any atom is -0.390 e. The van der Waals surface area contributed by atoms with Gasteiger partial charge in [-0.25, -0.2) is 0 Å². The fraction of sp³-hybridized carbons (Fsp3) is 0.286. The van der Waals surface area contributed by atoms with Gasteiger partial charge in [0.1, 0.15) is 0 Å². The van der Waals surface area contributed by atoms with Crippen LogP contribution >= 0.6 is 0 Å². The molecule has 0 aliphatic carbocycles. The van der Waals surface area contributed by atoms with Crippen LogP contribution in [0.15, 0.2) is 42.5 Å². The Morgan fingerprint density at radius 3 is 2.24 bits per heavy atom. The van der Waals surface area contributed by atoms with E-state index >= 15 is 0 Å². The van der Waals surface area contributed by atoms with Gasteiger partial charge in [-0.2, -0.15) is 0 Å². The van der Waals surface area contributed by atoms with Crippen molar-refractivity contribution in [2.75, 3.05) is 13.2 Å². The van der Waals surface area contributed by atoms with Crippen molar-refractivity contribution < 1.29 is 8.85 Å². The smallest absolute Gasteiger partial charge is 0.390 e. The van der Waals surface area contributed by atoms with Crippen molar-refractivity contribution in [1.82, 2.24) is 0 Å². The molecule has 2 rings (SSSR count). The van der Waals surface area contributed by atoms with Gasteiger partial charge in [-0.1, -0.05) is 42.5 Å². The Balaban J connectivity index is 2.44. The average molecular weight is 245 g/mol. The number of hydrogen-bond donors (Lipinski definition) is 0. The fourth-order valence-electron chi connectivity index (χ4n) is 1.86. The summed E-state index contributed by atoms with van der Waals surface area (Å²) in [5.41, 5.74) is 0. The summed E-state index contributed by atoms with van der Waals surface area (Å²) in [6.45, 7) is 5.40. The van der Waals surface area contributed by atoms with E-state index in [1.165, 1.54) is 16.0 Å². The third-order valence-corrected chi connectivity index (χ3v) is 4.54. The maximum atomic E-state index is 5.76. The summed E-state index contributed by atoms with van der Waals surface area (Å²) in [6.07, 6.45) is 0. The molecule has 0 atom stereocenters. The van der Waals surface area contributed by atoms with Gasteiger partial charge in [0.05, 0.1) is 0 Å². The second-order valence-corrected chi connectivity index (χ2v) is 5.37. The van der Waals surface area contributed by atoms with Crippen LogP contribution in [0.3, 0.4) is 0 Å². The predicted molar refractivity (Wildman–Crippen MR) is 72.6 cm³/mol. The fourth-order valence-corrected chi connectivity index (χ4v) is 3.46. The van der Waals surface area contributed by atoms with E-state index in [2.05, 4.69) is 42.5 Å². The quantitative estimate of drug-likeness (QED) is 0.754. The van der Waals surface area contributed by atoms with E-state index in [4.69, 9.17) is 8.85 Å². The summed E-state index contributed by atoms with van der Waals surface area (Å²) >= 11 is 0. The van der Waals surface area contributed by atoms with E-state index in [1.54, 1.807) is 0 Å². The molecule has 0 amide bonds. The lowest BCUT2D eigenvalue weighted by Crippen LogP contribution is -2.37. The summed E-state index contributed by atoms with van der Waals surface area (Å²) in [5, 5.41) is 3.69. The Labute approximate surface area is 104 Å². The molecule has 0 fully saturated rings. The molecule has 2 aromatic rings. The molecule has 0 heterocycles. The highest BCUT2D eigenvalue weighted by Gasteiger charge is 2.20. The molecule has 0 unspecified atom stereocenters. The Bertz CT molecular complexity index is 473. The van der Waals surface area contributed by atoms with E-state index in [-0.39, 0.29) is 0 Å². The Kier molecular flexibility index (Phi) is 4.31. The van der Waals surface area contributed by atoms with Crippen LogP contribution in [0.2, 0.25) is 0 Å². The first-order chi connectivity index (χ1) is 8.36. The van der Waals surface area contributed by atoms with Crippen LogP contribution in [0.5, 0.6) is 0 Å². The molecule has 2 nitrogen and oxygen atoms in total. The normalized spacial score (nSPS) is 11.2. The number of benzene rings is 2. The summed E-state index contributed by atoms with van der Waals surface area (Å²) in [6, 6.07) is 14.7. The SMILES string of the molecule is CCO[Si](OCC)c1cccc2ccccc12. The zero-order valence-corrected chi connectivity index (χ0v) is 11.3. The van der Waals surface area contributed by atoms with Crippen molar-refractivity contribution in [3.8, 4) is 0 Å². The van der Waals surface area contributed by atoms with Crippen LogP contribution in [0.1, 0.15) is 13.8 Å². The van der Waals surface area contributed by atoms with Crippen molar-refractivity contribution in [3.63, 3.8) is 0 Å². The van der Waals surface area contributed by atoms with E-state index in [9.17, 15) is 0 Å². The number of hydrogen-bond acceptors (Lipinski definition) is 2. The highest BCUT2D eigenvalue weighted by molar-refractivity contribution is 6.64. The number of rotatable bonds is 5. The molecular formula is C14H17O2Si. The molecule has 0 aliphatic rings. The van der Waals surface area contributed by atoms with Gasteiger partial charge in [-0.3, -0.25) is 0 Å². The maximum Gasteiger partial charge on any atom is 0.424 e.